The molecule has 0 radical (unpaired) electrons. The van der Waals surface area contributed by atoms with Gasteiger partial charge in [0, 0.05) is 18.8 Å². The van der Waals surface area contributed by atoms with E-state index in [0.29, 0.717) is 37.8 Å². The van der Waals surface area contributed by atoms with Crippen LogP contribution in [-0.2, 0) is 14.3 Å². The first-order valence-corrected chi connectivity index (χ1v) is 6.16. The topological polar surface area (TPSA) is 58.6 Å². The lowest BCUT2D eigenvalue weighted by Gasteiger charge is -2.31. The predicted molar refractivity (Wildman–Crippen MR) is 56.7 cm³/mol. The van der Waals surface area contributed by atoms with Crippen molar-refractivity contribution in [3.8, 4) is 0 Å². The highest BCUT2D eigenvalue weighted by atomic mass is 32.2. The number of nitrogens with one attached hydrogen (secondary N) is 1. The first-order valence-electron chi connectivity index (χ1n) is 5.01. The molecule has 0 bridgehead atoms. The maximum atomic E-state index is 11.9. The minimum atomic E-state index is -0.339. The Bertz CT molecular complexity index is 266. The van der Waals surface area contributed by atoms with Gasteiger partial charge in [0.25, 0.3) is 0 Å². The average molecular weight is 230 g/mol. The molecule has 1 N–H and O–H groups in total. The molecule has 15 heavy (non-hydrogen) atoms. The Balaban J connectivity index is 1.90. The molecule has 2 saturated heterocycles. The van der Waals surface area contributed by atoms with E-state index in [1.54, 1.807) is 4.90 Å². The molecule has 1 unspecified atom stereocenters. The maximum absolute atomic E-state index is 11.9. The number of amides is 2. The molecule has 2 aliphatic rings. The van der Waals surface area contributed by atoms with Crippen molar-refractivity contribution < 1.29 is 14.3 Å². The highest BCUT2D eigenvalue weighted by Gasteiger charge is 2.29. The zero-order valence-electron chi connectivity index (χ0n) is 8.40. The van der Waals surface area contributed by atoms with E-state index < -0.39 is 0 Å². The van der Waals surface area contributed by atoms with Crippen molar-refractivity contribution in [3.05, 3.63) is 0 Å². The summed E-state index contributed by atoms with van der Waals surface area (Å²) in [6.45, 7) is 2.46. The molecule has 0 aliphatic carbocycles. The fraction of sp³-hybridized carbons (Fsp3) is 0.778. The van der Waals surface area contributed by atoms with Gasteiger partial charge in [0.1, 0.15) is 6.04 Å². The summed E-state index contributed by atoms with van der Waals surface area (Å²) in [4.78, 5) is 24.8. The van der Waals surface area contributed by atoms with Crippen molar-refractivity contribution in [2.75, 3.05) is 37.8 Å². The van der Waals surface area contributed by atoms with Crippen molar-refractivity contribution in [1.29, 1.82) is 0 Å². The second-order valence-electron chi connectivity index (χ2n) is 3.57. The van der Waals surface area contributed by atoms with E-state index in [1.807, 2.05) is 0 Å². The summed E-state index contributed by atoms with van der Waals surface area (Å²) >= 11 is 1.51. The Morgan fingerprint density at radius 1 is 1.47 bits per heavy atom. The van der Waals surface area contributed by atoms with Gasteiger partial charge in [0.05, 0.1) is 19.0 Å². The molecule has 2 amide bonds. The minimum absolute atomic E-state index is 0.0267. The molecular weight excluding hydrogens is 216 g/mol. The van der Waals surface area contributed by atoms with Gasteiger partial charge < -0.3 is 15.0 Å². The molecule has 0 aromatic heterocycles. The summed E-state index contributed by atoms with van der Waals surface area (Å²) in [7, 11) is 0. The minimum Gasteiger partial charge on any atom is -0.378 e. The molecule has 5 nitrogen and oxygen atoms in total. The highest BCUT2D eigenvalue weighted by Crippen LogP contribution is 2.11. The van der Waals surface area contributed by atoms with E-state index in [1.165, 1.54) is 11.8 Å². The summed E-state index contributed by atoms with van der Waals surface area (Å²) in [5.41, 5.74) is 0. The first-order chi connectivity index (χ1) is 7.27. The van der Waals surface area contributed by atoms with Crippen molar-refractivity contribution in [2.45, 2.75) is 6.04 Å². The van der Waals surface area contributed by atoms with E-state index in [0.717, 1.165) is 0 Å². The van der Waals surface area contributed by atoms with Crippen LogP contribution >= 0.6 is 11.8 Å². The second kappa shape index (κ2) is 4.85. The van der Waals surface area contributed by atoms with E-state index >= 15 is 0 Å². The van der Waals surface area contributed by atoms with Gasteiger partial charge in [-0.2, -0.15) is 0 Å². The molecule has 0 saturated carbocycles. The molecule has 0 aromatic carbocycles. The van der Waals surface area contributed by atoms with Crippen LogP contribution in [-0.4, -0.2) is 60.6 Å². The molecule has 0 aromatic rings. The normalized spacial score (nSPS) is 27.3. The Morgan fingerprint density at radius 3 is 2.87 bits per heavy atom. The third kappa shape index (κ3) is 2.63. The van der Waals surface area contributed by atoms with Crippen molar-refractivity contribution in [2.24, 2.45) is 0 Å². The molecule has 0 spiro atoms. The van der Waals surface area contributed by atoms with Crippen molar-refractivity contribution in [1.82, 2.24) is 10.2 Å². The number of hydrogen-bond donors (Lipinski definition) is 1. The van der Waals surface area contributed by atoms with Crippen LogP contribution in [0.15, 0.2) is 0 Å². The fourth-order valence-corrected chi connectivity index (χ4v) is 2.53. The molecule has 2 rings (SSSR count). The number of carbonyl (C=O) groups is 2. The summed E-state index contributed by atoms with van der Waals surface area (Å²) < 4.78 is 5.17. The third-order valence-corrected chi connectivity index (χ3v) is 3.51. The lowest BCUT2D eigenvalue weighted by Crippen LogP contribution is -2.54. The fourth-order valence-electron chi connectivity index (χ4n) is 1.68. The zero-order chi connectivity index (χ0) is 10.7. The van der Waals surface area contributed by atoms with Gasteiger partial charge in [-0.25, -0.2) is 0 Å². The Kier molecular flexibility index (Phi) is 3.48. The van der Waals surface area contributed by atoms with Gasteiger partial charge >= 0.3 is 0 Å². The van der Waals surface area contributed by atoms with Gasteiger partial charge in [-0.3, -0.25) is 9.59 Å². The SMILES string of the molecule is O=C1CSCC(C(=O)N2CCOCC2)N1. The number of rotatable bonds is 1. The predicted octanol–water partition coefficient (Wildman–Crippen LogP) is -0.923. The molecule has 2 aliphatic heterocycles. The van der Waals surface area contributed by atoms with E-state index in [4.69, 9.17) is 4.74 Å². The standard InChI is InChI=1S/C9H14N2O3S/c12-8-6-15-5-7(10-8)9(13)11-1-3-14-4-2-11/h7H,1-6H2,(H,10,12). The smallest absolute Gasteiger partial charge is 0.246 e. The Morgan fingerprint density at radius 2 is 2.20 bits per heavy atom. The Hall–Kier alpha value is -0.750. The number of ether oxygens (including phenoxy) is 1. The summed E-state index contributed by atoms with van der Waals surface area (Å²) in [5, 5.41) is 2.72. The van der Waals surface area contributed by atoms with Crippen LogP contribution in [0.25, 0.3) is 0 Å². The number of carbonyl (C=O) groups excluding carboxylic acids is 2. The number of thioether (sulfide) groups is 1. The zero-order valence-corrected chi connectivity index (χ0v) is 9.22. The number of nitrogens with zero attached hydrogens (tertiary/aromatic N) is 1. The summed E-state index contributed by atoms with van der Waals surface area (Å²) in [6.07, 6.45) is 0. The van der Waals surface area contributed by atoms with Gasteiger partial charge in [0.15, 0.2) is 0 Å². The van der Waals surface area contributed by atoms with Gasteiger partial charge in [-0.05, 0) is 0 Å². The average Bonchev–Trinajstić information content (AvgIpc) is 2.29. The van der Waals surface area contributed by atoms with Crippen LogP contribution in [0.1, 0.15) is 0 Å². The van der Waals surface area contributed by atoms with Gasteiger partial charge in [-0.15, -0.1) is 11.8 Å². The molecule has 1 atom stereocenters. The van der Waals surface area contributed by atoms with Gasteiger partial charge in [-0.1, -0.05) is 0 Å². The van der Waals surface area contributed by atoms with Crippen LogP contribution in [0.3, 0.4) is 0 Å². The van der Waals surface area contributed by atoms with E-state index in [9.17, 15) is 9.59 Å². The van der Waals surface area contributed by atoms with Crippen LogP contribution in [0.5, 0.6) is 0 Å². The van der Waals surface area contributed by atoms with Crippen LogP contribution in [0.2, 0.25) is 0 Å². The first kappa shape index (κ1) is 10.8. The van der Waals surface area contributed by atoms with E-state index in [-0.39, 0.29) is 17.9 Å². The summed E-state index contributed by atoms with van der Waals surface area (Å²) in [5.74, 6) is 1.13. The maximum Gasteiger partial charge on any atom is 0.246 e. The quantitative estimate of drug-likeness (QED) is 0.633. The number of hydrogen-bond acceptors (Lipinski definition) is 4. The molecule has 2 heterocycles. The molecular formula is C9H14N2O3S. The largest absolute Gasteiger partial charge is 0.378 e. The monoisotopic (exact) mass is 230 g/mol. The summed E-state index contributed by atoms with van der Waals surface area (Å²) in [6, 6.07) is -0.339. The van der Waals surface area contributed by atoms with Crippen molar-refractivity contribution in [3.63, 3.8) is 0 Å². The van der Waals surface area contributed by atoms with Crippen LogP contribution in [0, 0.1) is 0 Å². The Labute approximate surface area is 92.5 Å². The second-order valence-corrected chi connectivity index (χ2v) is 4.60. The molecule has 6 heteroatoms. The molecule has 2 fully saturated rings. The lowest BCUT2D eigenvalue weighted by atomic mass is 10.2. The highest BCUT2D eigenvalue weighted by molar-refractivity contribution is 8.00. The van der Waals surface area contributed by atoms with Crippen molar-refractivity contribution >= 4 is 23.6 Å². The van der Waals surface area contributed by atoms with Gasteiger partial charge in [0.2, 0.25) is 11.8 Å². The lowest BCUT2D eigenvalue weighted by molar-refractivity contribution is -0.139. The van der Waals surface area contributed by atoms with Crippen LogP contribution in [0.4, 0.5) is 0 Å². The molecule has 84 valence electrons. The number of morpholine rings is 1. The third-order valence-electron chi connectivity index (χ3n) is 2.47. The van der Waals surface area contributed by atoms with E-state index in [2.05, 4.69) is 5.32 Å². The van der Waals surface area contributed by atoms with Crippen LogP contribution < -0.4 is 5.32 Å².